The largest absolute Gasteiger partial charge is 0.494 e. The van der Waals surface area contributed by atoms with Gasteiger partial charge in [0.1, 0.15) is 6.29 Å². The molecular formula is C6H7NO3S. The summed E-state index contributed by atoms with van der Waals surface area (Å²) in [5.41, 5.74) is 0. The fraction of sp³-hybridized carbons (Fsp3) is 0.333. The summed E-state index contributed by atoms with van der Waals surface area (Å²) in [6, 6.07) is 0. The van der Waals surface area contributed by atoms with Crippen LogP contribution in [0.1, 0.15) is 6.42 Å². The number of aldehydes is 1. The third kappa shape index (κ3) is 1.68. The molecule has 0 atom stereocenters. The van der Waals surface area contributed by atoms with Gasteiger partial charge in [0.2, 0.25) is 5.88 Å². The van der Waals surface area contributed by atoms with Gasteiger partial charge in [-0.15, -0.1) is 0 Å². The standard InChI is InChI=1S/C6H7NO3S/c8-3-1-2-7-5(9)4-11-6(7)10/h3-4,9H,1-2H2. The van der Waals surface area contributed by atoms with Crippen LogP contribution >= 0.6 is 11.3 Å². The Labute approximate surface area is 66.7 Å². The molecule has 0 aliphatic rings. The minimum atomic E-state index is -0.232. The average molecular weight is 173 g/mol. The number of rotatable bonds is 3. The Morgan fingerprint density at radius 3 is 2.91 bits per heavy atom. The Balaban J connectivity index is 2.83. The molecule has 0 aliphatic heterocycles. The molecule has 0 amide bonds. The topological polar surface area (TPSA) is 59.3 Å². The molecular weight excluding hydrogens is 166 g/mol. The van der Waals surface area contributed by atoms with E-state index in [1.165, 1.54) is 9.95 Å². The van der Waals surface area contributed by atoms with Crippen LogP contribution in [0.4, 0.5) is 0 Å². The summed E-state index contributed by atoms with van der Waals surface area (Å²) < 4.78 is 1.17. The van der Waals surface area contributed by atoms with Crippen molar-refractivity contribution < 1.29 is 9.90 Å². The van der Waals surface area contributed by atoms with Gasteiger partial charge in [-0.2, -0.15) is 0 Å². The molecule has 0 saturated carbocycles. The van der Waals surface area contributed by atoms with Crippen molar-refractivity contribution in [3.8, 4) is 5.88 Å². The van der Waals surface area contributed by atoms with Gasteiger partial charge in [0.15, 0.2) is 0 Å². The molecule has 1 N–H and O–H groups in total. The molecule has 4 nitrogen and oxygen atoms in total. The lowest BCUT2D eigenvalue weighted by molar-refractivity contribution is -0.108. The summed E-state index contributed by atoms with van der Waals surface area (Å²) in [6.07, 6.45) is 0.966. The molecule has 5 heteroatoms. The lowest BCUT2D eigenvalue weighted by atomic mass is 10.5. The maximum atomic E-state index is 10.9. The van der Waals surface area contributed by atoms with E-state index in [1.807, 2.05) is 0 Å². The lowest BCUT2D eigenvalue weighted by Crippen LogP contribution is -2.12. The number of thiazole rings is 1. The highest BCUT2D eigenvalue weighted by atomic mass is 32.1. The van der Waals surface area contributed by atoms with Crippen LogP contribution in [0.15, 0.2) is 10.2 Å². The molecule has 1 aromatic heterocycles. The Morgan fingerprint density at radius 2 is 2.45 bits per heavy atom. The number of hydrogen-bond acceptors (Lipinski definition) is 4. The summed E-state index contributed by atoms with van der Waals surface area (Å²) in [5.74, 6) is -0.0677. The van der Waals surface area contributed by atoms with E-state index in [2.05, 4.69) is 0 Å². The van der Waals surface area contributed by atoms with E-state index in [4.69, 9.17) is 5.11 Å². The zero-order valence-electron chi connectivity index (χ0n) is 5.69. The van der Waals surface area contributed by atoms with Crippen molar-refractivity contribution >= 4 is 17.6 Å². The van der Waals surface area contributed by atoms with Crippen molar-refractivity contribution in [3.63, 3.8) is 0 Å². The van der Waals surface area contributed by atoms with Crippen LogP contribution in [0.25, 0.3) is 0 Å². The number of nitrogens with zero attached hydrogens (tertiary/aromatic N) is 1. The van der Waals surface area contributed by atoms with Gasteiger partial charge in [-0.05, 0) is 0 Å². The average Bonchev–Trinajstić information content (AvgIpc) is 2.29. The summed E-state index contributed by atoms with van der Waals surface area (Å²) in [4.78, 5) is 20.5. The van der Waals surface area contributed by atoms with Crippen molar-refractivity contribution in [2.24, 2.45) is 0 Å². The minimum absolute atomic E-state index is 0.0677. The molecule has 0 aliphatic carbocycles. The van der Waals surface area contributed by atoms with Gasteiger partial charge in [-0.1, -0.05) is 11.3 Å². The van der Waals surface area contributed by atoms with Gasteiger partial charge < -0.3 is 9.90 Å². The Hall–Kier alpha value is -1.10. The highest BCUT2D eigenvalue weighted by molar-refractivity contribution is 7.07. The van der Waals surface area contributed by atoms with E-state index in [1.54, 1.807) is 0 Å². The van der Waals surface area contributed by atoms with Gasteiger partial charge in [-0.3, -0.25) is 9.36 Å². The summed E-state index contributed by atoms with van der Waals surface area (Å²) in [7, 11) is 0. The molecule has 0 spiro atoms. The summed E-state index contributed by atoms with van der Waals surface area (Å²) >= 11 is 0.923. The van der Waals surface area contributed by atoms with E-state index < -0.39 is 0 Å². The highest BCUT2D eigenvalue weighted by Crippen LogP contribution is 2.08. The van der Waals surface area contributed by atoms with Crippen LogP contribution in [0.2, 0.25) is 0 Å². The SMILES string of the molecule is O=CCCn1c(O)csc1=O. The predicted molar refractivity (Wildman–Crippen MR) is 40.9 cm³/mol. The third-order valence-electron chi connectivity index (χ3n) is 1.23. The van der Waals surface area contributed by atoms with Gasteiger partial charge >= 0.3 is 4.87 Å². The normalized spacial score (nSPS) is 9.82. The highest BCUT2D eigenvalue weighted by Gasteiger charge is 2.02. The first-order valence-electron chi connectivity index (χ1n) is 3.06. The number of aromatic hydroxyl groups is 1. The second kappa shape index (κ2) is 3.34. The number of carbonyl (C=O) groups excluding carboxylic acids is 1. The molecule has 0 saturated heterocycles. The Kier molecular flexibility index (Phi) is 2.43. The fourth-order valence-corrected chi connectivity index (χ4v) is 1.36. The van der Waals surface area contributed by atoms with Gasteiger partial charge in [0.25, 0.3) is 0 Å². The van der Waals surface area contributed by atoms with Crippen LogP contribution in [-0.2, 0) is 11.3 Å². The maximum Gasteiger partial charge on any atom is 0.309 e. The number of aromatic nitrogens is 1. The first-order chi connectivity index (χ1) is 5.25. The maximum absolute atomic E-state index is 10.9. The van der Waals surface area contributed by atoms with E-state index >= 15 is 0 Å². The van der Waals surface area contributed by atoms with Crippen LogP contribution in [0, 0.1) is 0 Å². The third-order valence-corrected chi connectivity index (χ3v) is 1.98. The number of hydrogen-bond donors (Lipinski definition) is 1. The van der Waals surface area contributed by atoms with Gasteiger partial charge in [-0.25, -0.2) is 0 Å². The van der Waals surface area contributed by atoms with E-state index in [0.29, 0.717) is 6.29 Å². The van der Waals surface area contributed by atoms with Gasteiger partial charge in [0, 0.05) is 13.0 Å². The van der Waals surface area contributed by atoms with E-state index in [-0.39, 0.29) is 23.7 Å². The van der Waals surface area contributed by atoms with Crippen molar-refractivity contribution in [2.75, 3.05) is 0 Å². The zero-order valence-corrected chi connectivity index (χ0v) is 6.50. The summed E-state index contributed by atoms with van der Waals surface area (Å²) in [6.45, 7) is 0.262. The molecule has 60 valence electrons. The van der Waals surface area contributed by atoms with Crippen molar-refractivity contribution in [1.29, 1.82) is 0 Å². The van der Waals surface area contributed by atoms with Crippen molar-refractivity contribution in [2.45, 2.75) is 13.0 Å². The Morgan fingerprint density at radius 1 is 1.73 bits per heavy atom. The lowest BCUT2D eigenvalue weighted by Gasteiger charge is -1.96. The van der Waals surface area contributed by atoms with Crippen LogP contribution in [0.3, 0.4) is 0 Å². The molecule has 0 radical (unpaired) electrons. The first kappa shape index (κ1) is 8.00. The molecule has 0 fully saturated rings. The molecule has 11 heavy (non-hydrogen) atoms. The first-order valence-corrected chi connectivity index (χ1v) is 3.94. The number of carbonyl (C=O) groups is 1. The quantitative estimate of drug-likeness (QED) is 0.664. The van der Waals surface area contributed by atoms with Crippen molar-refractivity contribution in [3.05, 3.63) is 15.0 Å². The van der Waals surface area contributed by atoms with Crippen molar-refractivity contribution in [1.82, 2.24) is 4.57 Å². The molecule has 0 bridgehead atoms. The molecule has 1 aromatic rings. The van der Waals surface area contributed by atoms with E-state index in [0.717, 1.165) is 11.3 Å². The van der Waals surface area contributed by atoms with Crippen LogP contribution in [0.5, 0.6) is 5.88 Å². The smallest absolute Gasteiger partial charge is 0.309 e. The van der Waals surface area contributed by atoms with Crippen LogP contribution < -0.4 is 4.87 Å². The second-order valence-corrected chi connectivity index (χ2v) is 2.79. The fourth-order valence-electron chi connectivity index (χ4n) is 0.712. The molecule has 0 aromatic carbocycles. The predicted octanol–water partition coefficient (Wildman–Crippen LogP) is 0.204. The second-order valence-electron chi connectivity index (χ2n) is 1.97. The van der Waals surface area contributed by atoms with E-state index in [9.17, 15) is 9.59 Å². The molecule has 1 rings (SSSR count). The van der Waals surface area contributed by atoms with Gasteiger partial charge in [0.05, 0.1) is 5.38 Å². The molecule has 0 unspecified atom stereocenters. The monoisotopic (exact) mass is 173 g/mol. The van der Waals surface area contributed by atoms with Crippen LogP contribution in [-0.4, -0.2) is 16.0 Å². The zero-order chi connectivity index (χ0) is 8.27. The summed E-state index contributed by atoms with van der Waals surface area (Å²) in [5, 5.41) is 10.4. The minimum Gasteiger partial charge on any atom is -0.494 e. The molecule has 1 heterocycles. The Bertz CT molecular complexity index is 301.